The second-order valence-electron chi connectivity index (χ2n) is 6.15. The number of nitrogens with one attached hydrogen (secondary N) is 2. The van der Waals surface area contributed by atoms with Crippen molar-refractivity contribution in [1.82, 2.24) is 20.4 Å². The van der Waals surface area contributed by atoms with Gasteiger partial charge in [0.05, 0.1) is 18.8 Å². The van der Waals surface area contributed by atoms with Crippen molar-refractivity contribution >= 4 is 41.3 Å². The Kier molecular flexibility index (Phi) is 8.30. The maximum Gasteiger partial charge on any atom is 0.191 e. The number of rotatable bonds is 6. The van der Waals surface area contributed by atoms with Crippen LogP contribution in [0.5, 0.6) is 0 Å². The molecule has 2 N–H and O–H groups in total. The molecule has 5 nitrogen and oxygen atoms in total. The highest BCUT2D eigenvalue weighted by Gasteiger charge is 2.12. The van der Waals surface area contributed by atoms with Gasteiger partial charge < -0.3 is 10.6 Å². The fourth-order valence-corrected chi connectivity index (χ4v) is 3.52. The quantitative estimate of drug-likeness (QED) is 0.308. The summed E-state index contributed by atoms with van der Waals surface area (Å²) in [5.41, 5.74) is 4.72. The van der Waals surface area contributed by atoms with Crippen LogP contribution in [0.15, 0.2) is 52.8 Å². The molecule has 7 heteroatoms. The molecular formula is C20H26IN5S. The number of aromatic nitrogens is 2. The lowest BCUT2D eigenvalue weighted by Gasteiger charge is -2.12. The Hall–Kier alpha value is -1.87. The molecule has 2 aromatic heterocycles. The SMILES string of the molecule is CN=C(NCc1cccs1)NCc1c(C)nn(Cc2ccccc2)c1C.I. The van der Waals surface area contributed by atoms with Gasteiger partial charge in [0.15, 0.2) is 5.96 Å². The van der Waals surface area contributed by atoms with Crippen molar-refractivity contribution in [3.63, 3.8) is 0 Å². The van der Waals surface area contributed by atoms with Gasteiger partial charge in [-0.2, -0.15) is 5.10 Å². The van der Waals surface area contributed by atoms with E-state index in [0.717, 1.165) is 24.7 Å². The highest BCUT2D eigenvalue weighted by atomic mass is 127. The van der Waals surface area contributed by atoms with Gasteiger partial charge in [-0.05, 0) is 30.9 Å². The molecule has 0 spiro atoms. The van der Waals surface area contributed by atoms with Gasteiger partial charge in [0.2, 0.25) is 0 Å². The molecule has 3 rings (SSSR count). The lowest BCUT2D eigenvalue weighted by Crippen LogP contribution is -2.36. The number of guanidine groups is 1. The van der Waals surface area contributed by atoms with Crippen LogP contribution < -0.4 is 10.6 Å². The number of hydrogen-bond acceptors (Lipinski definition) is 3. The Labute approximate surface area is 181 Å². The lowest BCUT2D eigenvalue weighted by molar-refractivity contribution is 0.657. The third-order valence-corrected chi connectivity index (χ3v) is 5.25. The monoisotopic (exact) mass is 495 g/mol. The topological polar surface area (TPSA) is 54.2 Å². The van der Waals surface area contributed by atoms with Gasteiger partial charge >= 0.3 is 0 Å². The summed E-state index contributed by atoms with van der Waals surface area (Å²) in [6, 6.07) is 14.6. The molecule has 0 saturated heterocycles. The smallest absolute Gasteiger partial charge is 0.191 e. The van der Waals surface area contributed by atoms with Crippen LogP contribution in [-0.4, -0.2) is 22.8 Å². The van der Waals surface area contributed by atoms with Crippen LogP contribution in [0.3, 0.4) is 0 Å². The highest BCUT2D eigenvalue weighted by Crippen LogP contribution is 2.14. The molecule has 0 aliphatic heterocycles. The van der Waals surface area contributed by atoms with Crippen LogP contribution in [0.1, 0.15) is 27.4 Å². The van der Waals surface area contributed by atoms with Crippen LogP contribution in [-0.2, 0) is 19.6 Å². The molecule has 0 unspecified atom stereocenters. The number of halogens is 1. The average molecular weight is 495 g/mol. The summed E-state index contributed by atoms with van der Waals surface area (Å²) in [6.45, 7) is 6.47. The first-order chi connectivity index (χ1) is 12.7. The van der Waals surface area contributed by atoms with Gasteiger partial charge in [-0.1, -0.05) is 36.4 Å². The van der Waals surface area contributed by atoms with E-state index in [0.29, 0.717) is 6.54 Å². The van der Waals surface area contributed by atoms with Gasteiger partial charge in [-0.3, -0.25) is 9.67 Å². The molecule has 1 aromatic carbocycles. The first-order valence-electron chi connectivity index (χ1n) is 8.71. The van der Waals surface area contributed by atoms with Crippen LogP contribution in [0.25, 0.3) is 0 Å². The summed E-state index contributed by atoms with van der Waals surface area (Å²) in [6.07, 6.45) is 0. The lowest BCUT2D eigenvalue weighted by atomic mass is 10.2. The predicted octanol–water partition coefficient (Wildman–Crippen LogP) is 4.09. The largest absolute Gasteiger partial charge is 0.352 e. The molecule has 0 saturated carbocycles. The molecule has 144 valence electrons. The third kappa shape index (κ3) is 5.80. The Balaban J connectivity index is 0.00000261. The van der Waals surface area contributed by atoms with Gasteiger partial charge in [0.25, 0.3) is 0 Å². The number of nitrogens with zero attached hydrogens (tertiary/aromatic N) is 3. The number of hydrogen-bond donors (Lipinski definition) is 2. The third-order valence-electron chi connectivity index (χ3n) is 4.37. The molecule has 0 atom stereocenters. The fraction of sp³-hybridized carbons (Fsp3) is 0.300. The van der Waals surface area contributed by atoms with E-state index in [1.807, 2.05) is 6.07 Å². The van der Waals surface area contributed by atoms with E-state index in [4.69, 9.17) is 5.10 Å². The Morgan fingerprint density at radius 3 is 2.48 bits per heavy atom. The van der Waals surface area contributed by atoms with E-state index >= 15 is 0 Å². The number of aryl methyl sites for hydroxylation is 1. The van der Waals surface area contributed by atoms with Gasteiger partial charge in [0, 0.05) is 29.7 Å². The second-order valence-corrected chi connectivity index (χ2v) is 7.18. The second kappa shape index (κ2) is 10.5. The zero-order chi connectivity index (χ0) is 18.4. The van der Waals surface area contributed by atoms with Crippen LogP contribution in [0.4, 0.5) is 0 Å². The first-order valence-corrected chi connectivity index (χ1v) is 9.59. The zero-order valence-electron chi connectivity index (χ0n) is 15.9. The van der Waals surface area contributed by atoms with E-state index in [1.165, 1.54) is 21.7 Å². The van der Waals surface area contributed by atoms with Gasteiger partial charge in [-0.25, -0.2) is 0 Å². The van der Waals surface area contributed by atoms with E-state index in [2.05, 4.69) is 75.9 Å². The summed E-state index contributed by atoms with van der Waals surface area (Å²) < 4.78 is 2.07. The molecule has 27 heavy (non-hydrogen) atoms. The van der Waals surface area contributed by atoms with E-state index in [-0.39, 0.29) is 24.0 Å². The molecule has 2 heterocycles. The van der Waals surface area contributed by atoms with Crippen molar-refractivity contribution in [3.8, 4) is 0 Å². The van der Waals surface area contributed by atoms with Crippen molar-refractivity contribution in [2.24, 2.45) is 4.99 Å². The van der Waals surface area contributed by atoms with E-state index in [9.17, 15) is 0 Å². The minimum Gasteiger partial charge on any atom is -0.352 e. The zero-order valence-corrected chi connectivity index (χ0v) is 19.0. The number of benzene rings is 1. The minimum absolute atomic E-state index is 0. The molecule has 0 bridgehead atoms. The standard InChI is InChI=1S/C20H25N5S.HI/c1-15-19(13-23-20(21-3)22-12-18-10-7-11-26-18)16(2)25(24-15)14-17-8-5-4-6-9-17;/h4-11H,12-14H2,1-3H3,(H2,21,22,23);1H. The molecule has 0 radical (unpaired) electrons. The summed E-state index contributed by atoms with van der Waals surface area (Å²) in [4.78, 5) is 5.60. The summed E-state index contributed by atoms with van der Waals surface area (Å²) in [5, 5.41) is 13.5. The normalized spacial score (nSPS) is 11.1. The highest BCUT2D eigenvalue weighted by molar-refractivity contribution is 14.0. The average Bonchev–Trinajstić information content (AvgIpc) is 3.26. The molecule has 0 fully saturated rings. The Morgan fingerprint density at radius 1 is 1.07 bits per heavy atom. The maximum absolute atomic E-state index is 4.71. The van der Waals surface area contributed by atoms with Crippen LogP contribution >= 0.6 is 35.3 Å². The number of thiophene rings is 1. The summed E-state index contributed by atoms with van der Waals surface area (Å²) >= 11 is 1.74. The molecule has 0 amide bonds. The molecule has 0 aliphatic rings. The van der Waals surface area contributed by atoms with E-state index < -0.39 is 0 Å². The minimum atomic E-state index is 0. The fourth-order valence-electron chi connectivity index (χ4n) is 2.88. The number of aliphatic imine (C=N–C) groups is 1. The van der Waals surface area contributed by atoms with E-state index in [1.54, 1.807) is 18.4 Å². The van der Waals surface area contributed by atoms with Gasteiger partial charge in [-0.15, -0.1) is 35.3 Å². The van der Waals surface area contributed by atoms with Crippen molar-refractivity contribution in [3.05, 3.63) is 75.2 Å². The van der Waals surface area contributed by atoms with Crippen molar-refractivity contribution in [1.29, 1.82) is 0 Å². The Morgan fingerprint density at radius 2 is 1.81 bits per heavy atom. The van der Waals surface area contributed by atoms with Crippen LogP contribution in [0.2, 0.25) is 0 Å². The van der Waals surface area contributed by atoms with Crippen molar-refractivity contribution in [2.75, 3.05) is 7.05 Å². The molecule has 0 aliphatic carbocycles. The molecule has 3 aromatic rings. The van der Waals surface area contributed by atoms with Crippen molar-refractivity contribution in [2.45, 2.75) is 33.5 Å². The van der Waals surface area contributed by atoms with Crippen molar-refractivity contribution < 1.29 is 0 Å². The summed E-state index contributed by atoms with van der Waals surface area (Å²) in [5.74, 6) is 0.799. The van der Waals surface area contributed by atoms with Crippen LogP contribution in [0, 0.1) is 13.8 Å². The maximum atomic E-state index is 4.71. The molecular weight excluding hydrogens is 469 g/mol. The van der Waals surface area contributed by atoms with Gasteiger partial charge in [0.1, 0.15) is 0 Å². The predicted molar refractivity (Wildman–Crippen MR) is 124 cm³/mol. The first kappa shape index (κ1) is 21.4. The summed E-state index contributed by atoms with van der Waals surface area (Å²) in [7, 11) is 1.79. The Bertz CT molecular complexity index is 856.